The van der Waals surface area contributed by atoms with Gasteiger partial charge in [0.1, 0.15) is 17.0 Å². The largest absolute Gasteiger partial charge is 0.376 e. The van der Waals surface area contributed by atoms with Crippen LogP contribution in [0, 0.1) is 6.92 Å². The van der Waals surface area contributed by atoms with Crippen molar-refractivity contribution in [1.82, 2.24) is 19.8 Å². The van der Waals surface area contributed by atoms with Crippen molar-refractivity contribution in [3.8, 4) is 0 Å². The summed E-state index contributed by atoms with van der Waals surface area (Å²) in [5.41, 5.74) is 0.983. The van der Waals surface area contributed by atoms with Gasteiger partial charge in [-0.2, -0.15) is 0 Å². The monoisotopic (exact) mass is 403 g/mol. The number of fused-ring (bicyclic) bond motifs is 1. The van der Waals surface area contributed by atoms with Crippen LogP contribution < -0.4 is 5.32 Å². The fraction of sp³-hybridized carbons (Fsp3) is 0.650. The molecule has 2 aliphatic heterocycles. The number of aromatic nitrogens is 2. The molecule has 0 bridgehead atoms. The van der Waals surface area contributed by atoms with Crippen LogP contribution in [0.4, 0.5) is 5.82 Å². The molecule has 2 aliphatic rings. The van der Waals surface area contributed by atoms with Crippen LogP contribution in [0.5, 0.6) is 0 Å². The summed E-state index contributed by atoms with van der Waals surface area (Å²) in [5.74, 6) is 0.933. The van der Waals surface area contributed by atoms with Gasteiger partial charge in [-0.1, -0.05) is 6.92 Å². The van der Waals surface area contributed by atoms with Crippen LogP contribution in [-0.2, 0) is 4.74 Å². The number of nitrogens with zero attached hydrogens (tertiary/aromatic N) is 4. The highest BCUT2D eigenvalue weighted by atomic mass is 32.1. The van der Waals surface area contributed by atoms with E-state index in [1.165, 1.54) is 11.3 Å². The number of carbonyl (C=O) groups excluding carboxylic acids is 1. The van der Waals surface area contributed by atoms with E-state index in [1.807, 2.05) is 11.8 Å². The van der Waals surface area contributed by atoms with Gasteiger partial charge in [0.05, 0.1) is 16.4 Å². The summed E-state index contributed by atoms with van der Waals surface area (Å²) in [6.45, 7) is 10.4. The maximum absolute atomic E-state index is 13.2. The van der Waals surface area contributed by atoms with Gasteiger partial charge in [-0.25, -0.2) is 9.97 Å². The lowest BCUT2D eigenvalue weighted by Crippen LogP contribution is -2.48. The number of carbonyl (C=O) groups is 1. The minimum atomic E-state index is 0.127. The molecule has 2 saturated heterocycles. The number of ether oxygens (including phenoxy) is 1. The zero-order valence-corrected chi connectivity index (χ0v) is 17.6. The smallest absolute Gasteiger partial charge is 0.264 e. The molecular weight excluding hydrogens is 374 g/mol. The van der Waals surface area contributed by atoms with Crippen molar-refractivity contribution in [2.75, 3.05) is 51.2 Å². The number of nitrogens with one attached hydrogen (secondary N) is 1. The second kappa shape index (κ2) is 8.71. The van der Waals surface area contributed by atoms with Crippen LogP contribution in [0.15, 0.2) is 6.33 Å². The minimum Gasteiger partial charge on any atom is -0.376 e. The molecule has 0 saturated carbocycles. The van der Waals surface area contributed by atoms with E-state index in [4.69, 9.17) is 4.74 Å². The molecular formula is C20H29N5O2S. The van der Waals surface area contributed by atoms with E-state index in [0.29, 0.717) is 0 Å². The molecule has 2 aromatic rings. The predicted molar refractivity (Wildman–Crippen MR) is 112 cm³/mol. The van der Waals surface area contributed by atoms with Crippen LogP contribution in [0.2, 0.25) is 0 Å². The Hall–Kier alpha value is -1.77. The van der Waals surface area contributed by atoms with Crippen LogP contribution >= 0.6 is 11.3 Å². The first-order valence-corrected chi connectivity index (χ1v) is 11.1. The molecule has 0 unspecified atom stereocenters. The quantitative estimate of drug-likeness (QED) is 0.800. The first kappa shape index (κ1) is 19.5. The molecule has 2 fully saturated rings. The fourth-order valence-electron chi connectivity index (χ4n) is 4.06. The second-order valence-electron chi connectivity index (χ2n) is 7.61. The van der Waals surface area contributed by atoms with Gasteiger partial charge in [-0.15, -0.1) is 11.3 Å². The summed E-state index contributed by atoms with van der Waals surface area (Å²) in [7, 11) is 0. The van der Waals surface area contributed by atoms with E-state index in [1.54, 1.807) is 6.33 Å². The van der Waals surface area contributed by atoms with Crippen LogP contribution in [0.3, 0.4) is 0 Å². The third-order valence-corrected chi connectivity index (χ3v) is 6.83. The first-order chi connectivity index (χ1) is 13.7. The molecule has 28 heavy (non-hydrogen) atoms. The predicted octanol–water partition coefficient (Wildman–Crippen LogP) is 2.76. The summed E-state index contributed by atoms with van der Waals surface area (Å²) in [4.78, 5) is 28.1. The number of aryl methyl sites for hydroxylation is 1. The van der Waals surface area contributed by atoms with Crippen molar-refractivity contribution in [2.45, 2.75) is 39.2 Å². The fourth-order valence-corrected chi connectivity index (χ4v) is 5.18. The van der Waals surface area contributed by atoms with Gasteiger partial charge in [0, 0.05) is 39.3 Å². The highest BCUT2D eigenvalue weighted by molar-refractivity contribution is 7.20. The average molecular weight is 404 g/mol. The standard InChI is InChI=1S/C20H29N5O2S/c1-3-6-24-7-9-25(10-8-24)20(26)17-14(2)16-18(22-13-23-19(16)28-17)21-12-15-5-4-11-27-15/h13,15H,3-12H2,1-2H3,(H,21,22,23)/t15-/m1/s1. The molecule has 4 rings (SSSR count). The molecule has 8 heteroatoms. The van der Waals surface area contributed by atoms with E-state index in [-0.39, 0.29) is 12.0 Å². The number of anilines is 1. The molecule has 2 aromatic heterocycles. The van der Waals surface area contributed by atoms with Gasteiger partial charge in [-0.05, 0) is 38.3 Å². The zero-order chi connectivity index (χ0) is 19.5. The number of hydrogen-bond donors (Lipinski definition) is 1. The molecule has 1 amide bonds. The molecule has 152 valence electrons. The van der Waals surface area contributed by atoms with Gasteiger partial charge in [-0.3, -0.25) is 9.69 Å². The van der Waals surface area contributed by atoms with E-state index in [9.17, 15) is 4.79 Å². The average Bonchev–Trinajstić information content (AvgIpc) is 3.35. The molecule has 7 nitrogen and oxygen atoms in total. The Bertz CT molecular complexity index is 825. The third kappa shape index (κ3) is 3.99. The third-order valence-electron chi connectivity index (χ3n) is 5.64. The number of amides is 1. The lowest BCUT2D eigenvalue weighted by molar-refractivity contribution is 0.0641. The Morgan fingerprint density at radius 1 is 1.32 bits per heavy atom. The maximum Gasteiger partial charge on any atom is 0.264 e. The Kier molecular flexibility index (Phi) is 6.08. The van der Waals surface area contributed by atoms with Crippen molar-refractivity contribution < 1.29 is 9.53 Å². The SMILES string of the molecule is CCCN1CCN(C(=O)c2sc3ncnc(NC[C@H]4CCCO4)c3c2C)CC1. The molecule has 0 spiro atoms. The first-order valence-electron chi connectivity index (χ1n) is 10.3. The van der Waals surface area contributed by atoms with Crippen molar-refractivity contribution in [3.05, 3.63) is 16.8 Å². The Balaban J connectivity index is 1.51. The van der Waals surface area contributed by atoms with Gasteiger partial charge in [0.2, 0.25) is 0 Å². The second-order valence-corrected chi connectivity index (χ2v) is 8.61. The number of rotatable bonds is 6. The Morgan fingerprint density at radius 3 is 2.86 bits per heavy atom. The minimum absolute atomic E-state index is 0.127. The van der Waals surface area contributed by atoms with Crippen molar-refractivity contribution in [1.29, 1.82) is 0 Å². The molecule has 1 N–H and O–H groups in total. The summed E-state index contributed by atoms with van der Waals surface area (Å²) in [6.07, 6.45) is 5.17. The van der Waals surface area contributed by atoms with E-state index in [2.05, 4.69) is 27.1 Å². The highest BCUT2D eigenvalue weighted by Gasteiger charge is 2.26. The summed E-state index contributed by atoms with van der Waals surface area (Å²) >= 11 is 1.48. The number of hydrogen-bond acceptors (Lipinski definition) is 7. The van der Waals surface area contributed by atoms with E-state index >= 15 is 0 Å². The molecule has 0 radical (unpaired) electrons. The van der Waals surface area contributed by atoms with Crippen LogP contribution in [0.1, 0.15) is 41.4 Å². The van der Waals surface area contributed by atoms with Crippen molar-refractivity contribution in [3.63, 3.8) is 0 Å². The van der Waals surface area contributed by atoms with E-state index < -0.39 is 0 Å². The summed E-state index contributed by atoms with van der Waals surface area (Å²) < 4.78 is 5.70. The molecule has 0 aromatic carbocycles. The van der Waals surface area contributed by atoms with Crippen LogP contribution in [-0.4, -0.2) is 77.7 Å². The van der Waals surface area contributed by atoms with Gasteiger partial charge < -0.3 is 15.0 Å². The highest BCUT2D eigenvalue weighted by Crippen LogP contribution is 2.34. The van der Waals surface area contributed by atoms with Gasteiger partial charge in [0.25, 0.3) is 5.91 Å². The zero-order valence-electron chi connectivity index (χ0n) is 16.7. The summed E-state index contributed by atoms with van der Waals surface area (Å²) in [5, 5.41) is 4.39. The molecule has 0 aliphatic carbocycles. The topological polar surface area (TPSA) is 70.6 Å². The van der Waals surface area contributed by atoms with Crippen molar-refractivity contribution >= 4 is 33.3 Å². The van der Waals surface area contributed by atoms with Crippen molar-refractivity contribution in [2.24, 2.45) is 0 Å². The molecule has 4 heterocycles. The van der Waals surface area contributed by atoms with Gasteiger partial charge in [0.15, 0.2) is 0 Å². The maximum atomic E-state index is 13.2. The number of piperazine rings is 1. The lowest BCUT2D eigenvalue weighted by Gasteiger charge is -2.34. The lowest BCUT2D eigenvalue weighted by atomic mass is 10.1. The van der Waals surface area contributed by atoms with Gasteiger partial charge >= 0.3 is 0 Å². The molecule has 1 atom stereocenters. The number of thiophene rings is 1. The Morgan fingerprint density at radius 2 is 2.14 bits per heavy atom. The van der Waals surface area contributed by atoms with E-state index in [0.717, 1.165) is 91.6 Å². The van der Waals surface area contributed by atoms with Crippen LogP contribution in [0.25, 0.3) is 10.2 Å². The summed E-state index contributed by atoms with van der Waals surface area (Å²) in [6, 6.07) is 0. The normalized spacial score (nSPS) is 20.8. The Labute approximate surface area is 170 Å².